The van der Waals surface area contributed by atoms with Crippen LogP contribution < -0.4 is 10.0 Å². The molecule has 0 amide bonds. The number of anilines is 1. The van der Waals surface area contributed by atoms with E-state index in [4.69, 9.17) is 0 Å². The van der Waals surface area contributed by atoms with Crippen LogP contribution in [0.25, 0.3) is 5.82 Å². The van der Waals surface area contributed by atoms with Gasteiger partial charge in [0.25, 0.3) is 0 Å². The molecule has 0 atom stereocenters. The van der Waals surface area contributed by atoms with E-state index in [1.165, 1.54) is 6.33 Å². The summed E-state index contributed by atoms with van der Waals surface area (Å²) in [6.07, 6.45) is 4.98. The average Bonchev–Trinajstić information content (AvgIpc) is 3.08. The number of hydrogen-bond donors (Lipinski definition) is 2. The molecule has 2 N–H and O–H groups in total. The number of aromatic nitrogens is 4. The van der Waals surface area contributed by atoms with Crippen molar-refractivity contribution in [1.29, 1.82) is 0 Å². The third kappa shape index (κ3) is 4.37. The molecule has 28 heavy (non-hydrogen) atoms. The van der Waals surface area contributed by atoms with Crippen LogP contribution in [0.2, 0.25) is 0 Å². The van der Waals surface area contributed by atoms with Gasteiger partial charge in [0.1, 0.15) is 23.8 Å². The fourth-order valence-electron chi connectivity index (χ4n) is 2.87. The standard InChI is InChI=1S/C19H24N6O2S/c1-13-9-15(3)17(10-14(13)2)28(26,27)24-6-5-21-18-11-19(23-12-22-18)25-8-7-20-16(25)4/h7-12,24H,5-6H2,1-4H3,(H,21,22,23). The van der Waals surface area contributed by atoms with Gasteiger partial charge in [-0.25, -0.2) is 28.1 Å². The van der Waals surface area contributed by atoms with E-state index in [0.29, 0.717) is 23.1 Å². The van der Waals surface area contributed by atoms with Gasteiger partial charge in [0.2, 0.25) is 10.0 Å². The molecule has 3 rings (SSSR count). The summed E-state index contributed by atoms with van der Waals surface area (Å²) in [4.78, 5) is 12.9. The number of sulfonamides is 1. The molecule has 0 saturated carbocycles. The van der Waals surface area contributed by atoms with Crippen molar-refractivity contribution >= 4 is 15.8 Å². The predicted octanol–water partition coefficient (Wildman–Crippen LogP) is 2.29. The van der Waals surface area contributed by atoms with Gasteiger partial charge in [-0.1, -0.05) is 6.07 Å². The van der Waals surface area contributed by atoms with Crippen LogP contribution >= 0.6 is 0 Å². The lowest BCUT2D eigenvalue weighted by Crippen LogP contribution is -2.29. The first-order valence-electron chi connectivity index (χ1n) is 8.91. The summed E-state index contributed by atoms with van der Waals surface area (Å²) in [5, 5.41) is 3.11. The van der Waals surface area contributed by atoms with Gasteiger partial charge >= 0.3 is 0 Å². The number of hydrogen-bond acceptors (Lipinski definition) is 6. The molecule has 0 aliphatic rings. The van der Waals surface area contributed by atoms with Crippen LogP contribution in [-0.2, 0) is 10.0 Å². The zero-order valence-electron chi connectivity index (χ0n) is 16.4. The van der Waals surface area contributed by atoms with Crippen LogP contribution in [0.4, 0.5) is 5.82 Å². The van der Waals surface area contributed by atoms with Gasteiger partial charge in [-0.2, -0.15) is 0 Å². The second kappa shape index (κ2) is 8.07. The van der Waals surface area contributed by atoms with Crippen LogP contribution in [0.3, 0.4) is 0 Å². The van der Waals surface area contributed by atoms with Gasteiger partial charge in [-0.05, 0) is 50.5 Å². The Kier molecular flexibility index (Phi) is 5.76. The molecular weight excluding hydrogens is 376 g/mol. The fourth-order valence-corrected chi connectivity index (χ4v) is 4.21. The maximum atomic E-state index is 12.6. The van der Waals surface area contributed by atoms with Crippen molar-refractivity contribution in [2.24, 2.45) is 0 Å². The molecule has 2 aromatic heterocycles. The zero-order valence-corrected chi connectivity index (χ0v) is 17.2. The van der Waals surface area contributed by atoms with E-state index in [2.05, 4.69) is 25.0 Å². The summed E-state index contributed by atoms with van der Waals surface area (Å²) >= 11 is 0. The normalized spacial score (nSPS) is 11.6. The third-order valence-electron chi connectivity index (χ3n) is 4.53. The predicted molar refractivity (Wildman–Crippen MR) is 108 cm³/mol. The fraction of sp³-hybridized carbons (Fsp3) is 0.316. The molecule has 1 aromatic carbocycles. The molecule has 8 nitrogen and oxygen atoms in total. The van der Waals surface area contributed by atoms with Crippen molar-refractivity contribution in [1.82, 2.24) is 24.2 Å². The van der Waals surface area contributed by atoms with Gasteiger partial charge in [0.15, 0.2) is 0 Å². The topological polar surface area (TPSA) is 102 Å². The summed E-state index contributed by atoms with van der Waals surface area (Å²) in [6.45, 7) is 8.19. The number of nitrogens with zero attached hydrogens (tertiary/aromatic N) is 4. The third-order valence-corrected chi connectivity index (χ3v) is 6.13. The Bertz CT molecular complexity index is 1090. The first-order chi connectivity index (χ1) is 13.3. The first kappa shape index (κ1) is 20.0. The van der Waals surface area contributed by atoms with Crippen molar-refractivity contribution in [2.75, 3.05) is 18.4 Å². The number of benzene rings is 1. The van der Waals surface area contributed by atoms with Crippen LogP contribution in [-0.4, -0.2) is 41.0 Å². The van der Waals surface area contributed by atoms with Crippen LogP contribution in [0.5, 0.6) is 0 Å². The number of imidazole rings is 1. The van der Waals surface area contributed by atoms with Crippen molar-refractivity contribution < 1.29 is 8.42 Å². The summed E-state index contributed by atoms with van der Waals surface area (Å²) in [7, 11) is -3.57. The molecular formula is C19H24N6O2S. The first-order valence-corrected chi connectivity index (χ1v) is 10.4. The van der Waals surface area contributed by atoms with E-state index < -0.39 is 10.0 Å². The summed E-state index contributed by atoms with van der Waals surface area (Å²) < 4.78 is 29.7. The second-order valence-electron chi connectivity index (χ2n) is 6.63. The highest BCUT2D eigenvalue weighted by molar-refractivity contribution is 7.89. The average molecular weight is 401 g/mol. The molecule has 0 spiro atoms. The van der Waals surface area contributed by atoms with E-state index in [1.54, 1.807) is 25.3 Å². The second-order valence-corrected chi connectivity index (χ2v) is 8.37. The summed E-state index contributed by atoms with van der Waals surface area (Å²) in [6, 6.07) is 5.39. The number of aryl methyl sites for hydroxylation is 4. The zero-order chi connectivity index (χ0) is 20.3. The van der Waals surface area contributed by atoms with Crippen LogP contribution in [0, 0.1) is 27.7 Å². The Labute approximate surface area is 165 Å². The van der Waals surface area contributed by atoms with Crippen molar-refractivity contribution in [3.63, 3.8) is 0 Å². The molecule has 0 aliphatic carbocycles. The minimum absolute atomic E-state index is 0.234. The molecule has 0 saturated heterocycles. The molecule has 0 unspecified atom stereocenters. The Hall–Kier alpha value is -2.78. The lowest BCUT2D eigenvalue weighted by molar-refractivity contribution is 0.582. The molecule has 0 fully saturated rings. The maximum absolute atomic E-state index is 12.6. The Balaban J connectivity index is 1.62. The van der Waals surface area contributed by atoms with Crippen LogP contribution in [0.1, 0.15) is 22.5 Å². The number of rotatable bonds is 7. The highest BCUT2D eigenvalue weighted by Gasteiger charge is 2.17. The number of nitrogens with one attached hydrogen (secondary N) is 2. The van der Waals surface area contributed by atoms with Gasteiger partial charge in [0, 0.05) is 31.5 Å². The summed E-state index contributed by atoms with van der Waals surface area (Å²) in [5.74, 6) is 2.12. The lowest BCUT2D eigenvalue weighted by Gasteiger charge is -2.12. The highest BCUT2D eigenvalue weighted by Crippen LogP contribution is 2.19. The van der Waals surface area contributed by atoms with E-state index in [-0.39, 0.29) is 6.54 Å². The minimum Gasteiger partial charge on any atom is -0.369 e. The molecule has 2 heterocycles. The molecule has 3 aromatic rings. The summed E-state index contributed by atoms with van der Waals surface area (Å²) in [5.41, 5.74) is 2.76. The van der Waals surface area contributed by atoms with Crippen molar-refractivity contribution in [2.45, 2.75) is 32.6 Å². The van der Waals surface area contributed by atoms with Crippen molar-refractivity contribution in [3.05, 3.63) is 59.4 Å². The van der Waals surface area contributed by atoms with Gasteiger partial charge in [0.05, 0.1) is 4.90 Å². The molecule has 0 aliphatic heterocycles. The Morgan fingerprint density at radius 3 is 2.39 bits per heavy atom. The van der Waals surface area contributed by atoms with Crippen molar-refractivity contribution in [3.8, 4) is 5.82 Å². The van der Waals surface area contributed by atoms with E-state index in [1.807, 2.05) is 37.6 Å². The quantitative estimate of drug-likeness (QED) is 0.590. The molecule has 0 bridgehead atoms. The largest absolute Gasteiger partial charge is 0.369 e. The SMILES string of the molecule is Cc1cc(C)c(S(=O)(=O)NCCNc2cc(-n3ccnc3C)ncn2)cc1C. The highest BCUT2D eigenvalue weighted by atomic mass is 32.2. The molecule has 148 valence electrons. The van der Waals surface area contributed by atoms with E-state index >= 15 is 0 Å². The monoisotopic (exact) mass is 400 g/mol. The molecule has 0 radical (unpaired) electrons. The van der Waals surface area contributed by atoms with Gasteiger partial charge in [-0.15, -0.1) is 0 Å². The van der Waals surface area contributed by atoms with Crippen LogP contribution in [0.15, 0.2) is 41.8 Å². The van der Waals surface area contributed by atoms with E-state index in [0.717, 1.165) is 22.5 Å². The smallest absolute Gasteiger partial charge is 0.240 e. The Morgan fingerprint density at radius 1 is 0.929 bits per heavy atom. The lowest BCUT2D eigenvalue weighted by atomic mass is 10.1. The Morgan fingerprint density at radius 2 is 1.68 bits per heavy atom. The molecule has 9 heteroatoms. The van der Waals surface area contributed by atoms with Gasteiger partial charge in [-0.3, -0.25) is 4.57 Å². The minimum atomic E-state index is -3.57. The van der Waals surface area contributed by atoms with Gasteiger partial charge < -0.3 is 5.32 Å². The maximum Gasteiger partial charge on any atom is 0.240 e. The van der Waals surface area contributed by atoms with E-state index in [9.17, 15) is 8.42 Å².